The number of imide groups is 1. The highest BCUT2D eigenvalue weighted by Gasteiger charge is 2.40. The summed E-state index contributed by atoms with van der Waals surface area (Å²) in [6, 6.07) is 2.56. The summed E-state index contributed by atoms with van der Waals surface area (Å²) < 4.78 is 59.4. The van der Waals surface area contributed by atoms with Crippen molar-refractivity contribution in [3.63, 3.8) is 0 Å². The number of fused-ring (bicyclic) bond motifs is 1. The lowest BCUT2D eigenvalue weighted by Gasteiger charge is -2.13. The van der Waals surface area contributed by atoms with Gasteiger partial charge in [-0.05, 0) is 37.6 Å². The highest BCUT2D eigenvalue weighted by molar-refractivity contribution is 7.16. The molecule has 32 heavy (non-hydrogen) atoms. The maximum Gasteiger partial charge on any atom is 0.427 e. The summed E-state index contributed by atoms with van der Waals surface area (Å²) in [5.41, 5.74) is -1.25. The molecule has 13 heteroatoms. The van der Waals surface area contributed by atoms with Crippen LogP contribution in [0.3, 0.4) is 0 Å². The maximum absolute atomic E-state index is 14.8. The zero-order chi connectivity index (χ0) is 23.5. The highest BCUT2D eigenvalue weighted by atomic mass is 35.5. The van der Waals surface area contributed by atoms with E-state index in [0.717, 1.165) is 16.7 Å². The Balaban J connectivity index is 1.92. The molecule has 0 saturated carbocycles. The van der Waals surface area contributed by atoms with E-state index in [1.165, 1.54) is 13.8 Å². The Morgan fingerprint density at radius 2 is 1.84 bits per heavy atom. The highest BCUT2D eigenvalue weighted by Crippen LogP contribution is 2.35. The van der Waals surface area contributed by atoms with Crippen molar-refractivity contribution >= 4 is 50.8 Å². The van der Waals surface area contributed by atoms with Crippen molar-refractivity contribution in [2.75, 3.05) is 4.90 Å². The number of hydrogen-bond acceptors (Lipinski definition) is 6. The summed E-state index contributed by atoms with van der Waals surface area (Å²) in [6.45, 7) is 3.05. The van der Waals surface area contributed by atoms with Crippen LogP contribution in [0.25, 0.3) is 16.0 Å². The van der Waals surface area contributed by atoms with Gasteiger partial charge in [0.2, 0.25) is 0 Å². The van der Waals surface area contributed by atoms with E-state index in [0.29, 0.717) is 34.1 Å². The predicted octanol–water partition coefficient (Wildman–Crippen LogP) is 5.04. The Labute approximate surface area is 185 Å². The fourth-order valence-electron chi connectivity index (χ4n) is 3.03. The van der Waals surface area contributed by atoms with Gasteiger partial charge in [0.15, 0.2) is 11.6 Å². The van der Waals surface area contributed by atoms with E-state index in [1.54, 1.807) is 0 Å². The van der Waals surface area contributed by atoms with Crippen molar-refractivity contribution in [2.24, 2.45) is 0 Å². The van der Waals surface area contributed by atoms with Crippen LogP contribution in [-0.4, -0.2) is 21.6 Å². The molecule has 0 N–H and O–H groups in total. The number of carbonyl (C=O) groups excluding carboxylic acids is 2. The predicted molar refractivity (Wildman–Crippen MR) is 108 cm³/mol. The second-order valence-corrected chi connectivity index (χ2v) is 8.24. The number of alkyl halides is 3. The number of thiazole rings is 1. The van der Waals surface area contributed by atoms with Crippen LogP contribution in [0.5, 0.6) is 0 Å². The zero-order valence-corrected chi connectivity index (χ0v) is 17.7. The standard InChI is InChI=1S/C19H10ClF4N3O4S/c1-7(2)14-16(28)27(17(29)31-14)11-5-12-13(4-10(11)21)32-18(30)26(12)15-9(20)3-8(6-25-15)19(22,23)24/h3-6H,1-2H3. The molecule has 7 nitrogen and oxygen atoms in total. The fraction of sp³-hybridized carbons (Fsp3) is 0.158. The van der Waals surface area contributed by atoms with Gasteiger partial charge in [-0.15, -0.1) is 0 Å². The number of pyridine rings is 1. The first-order valence-corrected chi connectivity index (χ1v) is 9.91. The summed E-state index contributed by atoms with van der Waals surface area (Å²) in [6.07, 6.45) is -5.34. The zero-order valence-electron chi connectivity index (χ0n) is 16.1. The molecule has 4 rings (SSSR count). The average molecular weight is 488 g/mol. The molecule has 1 aliphatic heterocycles. The van der Waals surface area contributed by atoms with Crippen LogP contribution in [0, 0.1) is 5.82 Å². The van der Waals surface area contributed by atoms with E-state index in [1.807, 2.05) is 0 Å². The summed E-state index contributed by atoms with van der Waals surface area (Å²) in [4.78, 5) is 40.7. The number of benzene rings is 1. The van der Waals surface area contributed by atoms with Gasteiger partial charge >= 0.3 is 23.0 Å². The Bertz CT molecular complexity index is 1410. The molecule has 3 heterocycles. The fourth-order valence-corrected chi connectivity index (χ4v) is 4.17. The second kappa shape index (κ2) is 7.41. The number of hydrogen-bond donors (Lipinski definition) is 0. The second-order valence-electron chi connectivity index (χ2n) is 6.84. The smallest absolute Gasteiger partial charge is 0.404 e. The van der Waals surface area contributed by atoms with Crippen molar-refractivity contribution in [1.82, 2.24) is 9.55 Å². The van der Waals surface area contributed by atoms with Crippen molar-refractivity contribution < 1.29 is 31.9 Å². The molecule has 3 aromatic rings. The Kier molecular flexibility index (Phi) is 5.09. The number of rotatable bonds is 2. The van der Waals surface area contributed by atoms with Crippen LogP contribution in [0.1, 0.15) is 19.4 Å². The van der Waals surface area contributed by atoms with E-state index in [4.69, 9.17) is 16.3 Å². The lowest BCUT2D eigenvalue weighted by molar-refractivity contribution is -0.137. The summed E-state index contributed by atoms with van der Waals surface area (Å²) in [5.74, 6) is -2.47. The van der Waals surface area contributed by atoms with Gasteiger partial charge in [0.1, 0.15) is 5.82 Å². The molecule has 166 valence electrons. The van der Waals surface area contributed by atoms with E-state index in [9.17, 15) is 31.9 Å². The summed E-state index contributed by atoms with van der Waals surface area (Å²) in [7, 11) is 0. The van der Waals surface area contributed by atoms with E-state index < -0.39 is 45.1 Å². The van der Waals surface area contributed by atoms with E-state index in [-0.39, 0.29) is 21.8 Å². The molecule has 0 atom stereocenters. The Hall–Kier alpha value is -3.25. The molecule has 0 aliphatic carbocycles. The molecule has 1 aromatic carbocycles. The van der Waals surface area contributed by atoms with Crippen LogP contribution in [-0.2, 0) is 15.7 Å². The number of nitrogens with zero attached hydrogens (tertiary/aromatic N) is 3. The number of anilines is 1. The minimum atomic E-state index is -4.70. The molecule has 1 fully saturated rings. The summed E-state index contributed by atoms with van der Waals surface area (Å²) in [5, 5.41) is -0.476. The van der Waals surface area contributed by atoms with Crippen molar-refractivity contribution in [2.45, 2.75) is 20.0 Å². The molecule has 0 spiro atoms. The monoisotopic (exact) mass is 487 g/mol. The summed E-state index contributed by atoms with van der Waals surface area (Å²) >= 11 is 6.54. The molecule has 1 aliphatic rings. The number of cyclic esters (lactones) is 1. The minimum Gasteiger partial charge on any atom is -0.404 e. The SMILES string of the molecule is CC(C)=C1OC(=O)N(c2cc3c(cc2F)sc(=O)n3-c2ncc(C(F)(F)F)cc2Cl)C1=O. The third-order valence-electron chi connectivity index (χ3n) is 4.47. The van der Waals surface area contributed by atoms with Crippen molar-refractivity contribution in [3.05, 3.63) is 61.8 Å². The largest absolute Gasteiger partial charge is 0.427 e. The quantitative estimate of drug-likeness (QED) is 0.374. The van der Waals surface area contributed by atoms with Crippen LogP contribution < -0.4 is 9.77 Å². The van der Waals surface area contributed by atoms with Gasteiger partial charge in [-0.2, -0.15) is 13.2 Å². The number of aromatic nitrogens is 2. The molecule has 1 saturated heterocycles. The van der Waals surface area contributed by atoms with Crippen LogP contribution in [0.2, 0.25) is 5.02 Å². The topological polar surface area (TPSA) is 81.5 Å². The molecule has 0 unspecified atom stereocenters. The molecule has 2 amide bonds. The normalized spacial score (nSPS) is 14.5. The van der Waals surface area contributed by atoms with Crippen LogP contribution in [0.4, 0.5) is 28.0 Å². The van der Waals surface area contributed by atoms with Crippen LogP contribution >= 0.6 is 22.9 Å². The van der Waals surface area contributed by atoms with Gasteiger partial charge in [-0.3, -0.25) is 9.59 Å². The third-order valence-corrected chi connectivity index (χ3v) is 5.66. The number of ether oxygens (including phenoxy) is 1. The first-order valence-electron chi connectivity index (χ1n) is 8.72. The maximum atomic E-state index is 14.8. The molecule has 0 radical (unpaired) electrons. The van der Waals surface area contributed by atoms with Gasteiger partial charge in [-0.1, -0.05) is 22.9 Å². The first kappa shape index (κ1) is 22.0. The van der Waals surface area contributed by atoms with Gasteiger partial charge < -0.3 is 4.74 Å². The van der Waals surface area contributed by atoms with E-state index >= 15 is 0 Å². The van der Waals surface area contributed by atoms with Gasteiger partial charge in [0, 0.05) is 6.20 Å². The lowest BCUT2D eigenvalue weighted by atomic mass is 10.2. The molecular weight excluding hydrogens is 478 g/mol. The third kappa shape index (κ3) is 3.45. The molecule has 0 bridgehead atoms. The first-order chi connectivity index (χ1) is 14.9. The Morgan fingerprint density at radius 1 is 1.16 bits per heavy atom. The van der Waals surface area contributed by atoms with E-state index in [2.05, 4.69) is 4.98 Å². The van der Waals surface area contributed by atoms with Crippen molar-refractivity contribution in [3.8, 4) is 5.82 Å². The number of halogens is 5. The van der Waals surface area contributed by atoms with Gasteiger partial charge in [0.25, 0.3) is 0 Å². The van der Waals surface area contributed by atoms with Crippen LogP contribution in [0.15, 0.2) is 40.5 Å². The number of allylic oxidation sites excluding steroid dienone is 1. The Morgan fingerprint density at radius 3 is 2.41 bits per heavy atom. The van der Waals surface area contributed by atoms with Crippen molar-refractivity contribution in [1.29, 1.82) is 0 Å². The molecule has 2 aromatic heterocycles. The van der Waals surface area contributed by atoms with Gasteiger partial charge in [0.05, 0.1) is 26.5 Å². The minimum absolute atomic E-state index is 0.0168. The average Bonchev–Trinajstić information content (AvgIpc) is 3.15. The lowest BCUT2D eigenvalue weighted by Crippen LogP contribution is -2.29. The number of carbonyl (C=O) groups is 2. The molecular formula is C19H10ClF4N3O4S. The number of amides is 2. The van der Waals surface area contributed by atoms with Gasteiger partial charge in [-0.25, -0.2) is 23.6 Å².